The van der Waals surface area contributed by atoms with Crippen LogP contribution in [0.3, 0.4) is 0 Å². The summed E-state index contributed by atoms with van der Waals surface area (Å²) in [4.78, 5) is 40.5. The SMILES string of the molecule is CC(C)(O)C1CCN(CCOc2cc3c(cn2)CC(=NC(=O)c2cccc(F)c2)N3C2CCC(C(=O)N3CC(F)(F)C3)CC2)CC1. The van der Waals surface area contributed by atoms with Crippen molar-refractivity contribution in [3.05, 3.63) is 53.5 Å². The molecule has 12 heteroatoms. The van der Waals surface area contributed by atoms with E-state index in [9.17, 15) is 27.9 Å². The first-order chi connectivity index (χ1) is 21.9. The van der Waals surface area contributed by atoms with Crippen molar-refractivity contribution in [3.8, 4) is 5.88 Å². The molecule has 0 spiro atoms. The van der Waals surface area contributed by atoms with Crippen molar-refractivity contribution >= 4 is 23.3 Å². The van der Waals surface area contributed by atoms with Crippen LogP contribution in [0, 0.1) is 17.7 Å². The number of hydrogen-bond acceptors (Lipinski definition) is 6. The lowest BCUT2D eigenvalue weighted by molar-refractivity contribution is -0.170. The highest BCUT2D eigenvalue weighted by atomic mass is 19.3. The number of amidine groups is 1. The summed E-state index contributed by atoms with van der Waals surface area (Å²) in [6.45, 7) is 5.68. The Morgan fingerprint density at radius 3 is 2.46 bits per heavy atom. The van der Waals surface area contributed by atoms with Crippen LogP contribution in [0.4, 0.5) is 18.9 Å². The Labute approximate surface area is 267 Å². The highest BCUT2D eigenvalue weighted by molar-refractivity contribution is 6.12. The summed E-state index contributed by atoms with van der Waals surface area (Å²) in [5, 5.41) is 10.3. The summed E-state index contributed by atoms with van der Waals surface area (Å²) in [5.74, 6) is -3.13. The zero-order chi connectivity index (χ0) is 32.6. The first kappa shape index (κ1) is 32.4. The van der Waals surface area contributed by atoms with E-state index in [1.165, 1.54) is 23.1 Å². The molecule has 4 aliphatic rings. The van der Waals surface area contributed by atoms with Crippen LogP contribution in [0.1, 0.15) is 68.3 Å². The summed E-state index contributed by atoms with van der Waals surface area (Å²) in [7, 11) is 0. The zero-order valence-electron chi connectivity index (χ0n) is 26.4. The number of ether oxygens (including phenoxy) is 1. The number of fused-ring (bicyclic) bond motifs is 1. The number of carbonyl (C=O) groups is 2. The average molecular weight is 642 g/mol. The van der Waals surface area contributed by atoms with E-state index in [1.54, 1.807) is 6.20 Å². The Balaban J connectivity index is 1.14. The Morgan fingerprint density at radius 2 is 1.80 bits per heavy atom. The number of anilines is 1. The van der Waals surface area contributed by atoms with Crippen molar-refractivity contribution in [2.45, 2.75) is 76.4 Å². The fraction of sp³-hybridized carbons (Fsp3) is 0.588. The highest BCUT2D eigenvalue weighted by Crippen LogP contribution is 2.40. The molecule has 2 saturated heterocycles. The van der Waals surface area contributed by atoms with Crippen molar-refractivity contribution in [2.75, 3.05) is 44.2 Å². The molecular weight excluding hydrogens is 599 g/mol. The summed E-state index contributed by atoms with van der Waals surface area (Å²) >= 11 is 0. The number of piperidine rings is 1. The molecule has 6 rings (SSSR count). The van der Waals surface area contributed by atoms with Crippen LogP contribution in [0.25, 0.3) is 0 Å². The molecule has 248 valence electrons. The van der Waals surface area contributed by atoms with E-state index in [4.69, 9.17) is 4.74 Å². The normalized spacial score (nSPS) is 24.5. The standard InChI is InChI=1S/C34H42F3N5O4/c1-33(2,45)25-10-12-40(13-11-25)14-15-46-30-18-28-24(19-38-30)17-29(39-31(43)23-4-3-5-26(35)16-23)42(28)27-8-6-22(7-9-27)32(44)41-20-34(36,37)21-41/h3-5,16,18-19,22,25,27,45H,6-15,17,20-21H2,1-2H3. The van der Waals surface area contributed by atoms with Gasteiger partial charge in [-0.05, 0) is 89.6 Å². The van der Waals surface area contributed by atoms with Gasteiger partial charge in [0, 0.05) is 48.3 Å². The van der Waals surface area contributed by atoms with Gasteiger partial charge in [-0.2, -0.15) is 4.99 Å². The molecule has 1 aliphatic carbocycles. The van der Waals surface area contributed by atoms with Crippen LogP contribution in [0.15, 0.2) is 41.5 Å². The number of aromatic nitrogens is 1. The number of pyridine rings is 1. The van der Waals surface area contributed by atoms with E-state index in [-0.39, 0.29) is 29.3 Å². The maximum absolute atomic E-state index is 13.9. The fourth-order valence-electron chi connectivity index (χ4n) is 7.24. The number of nitrogens with zero attached hydrogens (tertiary/aromatic N) is 5. The summed E-state index contributed by atoms with van der Waals surface area (Å²) in [6, 6.07) is 7.22. The van der Waals surface area contributed by atoms with Crippen LogP contribution in [-0.2, 0) is 11.2 Å². The number of amides is 2. The Kier molecular flexibility index (Phi) is 9.13. The molecule has 0 unspecified atom stereocenters. The van der Waals surface area contributed by atoms with Crippen LogP contribution in [-0.4, -0.2) is 94.4 Å². The van der Waals surface area contributed by atoms with Gasteiger partial charge in [-0.3, -0.25) is 14.5 Å². The van der Waals surface area contributed by atoms with Gasteiger partial charge in [0.1, 0.15) is 18.3 Å². The minimum atomic E-state index is -2.80. The number of rotatable bonds is 8. The highest BCUT2D eigenvalue weighted by Gasteiger charge is 2.48. The molecule has 0 bridgehead atoms. The average Bonchev–Trinajstić information content (AvgIpc) is 3.36. The van der Waals surface area contributed by atoms with Crippen molar-refractivity contribution in [2.24, 2.45) is 16.8 Å². The second-order valence-electron chi connectivity index (χ2n) is 13.7. The number of carbonyl (C=O) groups excluding carboxylic acids is 2. The molecule has 0 radical (unpaired) electrons. The lowest BCUT2D eigenvalue weighted by atomic mass is 9.83. The second kappa shape index (κ2) is 12.9. The predicted octanol–water partition coefficient (Wildman–Crippen LogP) is 4.72. The number of halogens is 3. The minimum absolute atomic E-state index is 0.0745. The van der Waals surface area contributed by atoms with Gasteiger partial charge in [0.2, 0.25) is 11.8 Å². The topological polar surface area (TPSA) is 98.6 Å². The third-order valence-corrected chi connectivity index (χ3v) is 9.94. The van der Waals surface area contributed by atoms with Crippen LogP contribution in [0.2, 0.25) is 0 Å². The molecule has 1 aromatic heterocycles. The lowest BCUT2D eigenvalue weighted by Gasteiger charge is -2.42. The van der Waals surface area contributed by atoms with Gasteiger partial charge in [-0.15, -0.1) is 0 Å². The van der Waals surface area contributed by atoms with Crippen LogP contribution in [0.5, 0.6) is 5.88 Å². The van der Waals surface area contributed by atoms with Crippen molar-refractivity contribution in [1.82, 2.24) is 14.8 Å². The number of benzene rings is 1. The van der Waals surface area contributed by atoms with Gasteiger partial charge in [0.15, 0.2) is 0 Å². The fourth-order valence-corrected chi connectivity index (χ4v) is 7.24. The van der Waals surface area contributed by atoms with Gasteiger partial charge in [0.05, 0.1) is 24.4 Å². The minimum Gasteiger partial charge on any atom is -0.476 e. The Morgan fingerprint density at radius 1 is 1.09 bits per heavy atom. The predicted molar refractivity (Wildman–Crippen MR) is 167 cm³/mol. The van der Waals surface area contributed by atoms with Gasteiger partial charge in [0.25, 0.3) is 11.8 Å². The summed E-state index contributed by atoms with van der Waals surface area (Å²) in [6.07, 6.45) is 6.29. The molecule has 2 aromatic rings. The summed E-state index contributed by atoms with van der Waals surface area (Å²) < 4.78 is 46.7. The number of likely N-dealkylation sites (tertiary alicyclic amines) is 2. The van der Waals surface area contributed by atoms with Gasteiger partial charge >= 0.3 is 0 Å². The molecule has 1 N–H and O–H groups in total. The monoisotopic (exact) mass is 641 g/mol. The van der Waals surface area contributed by atoms with E-state index < -0.39 is 36.3 Å². The first-order valence-electron chi connectivity index (χ1n) is 16.3. The largest absolute Gasteiger partial charge is 0.476 e. The van der Waals surface area contributed by atoms with E-state index >= 15 is 0 Å². The maximum atomic E-state index is 13.9. The van der Waals surface area contributed by atoms with Gasteiger partial charge < -0.3 is 19.6 Å². The Hall–Kier alpha value is -3.51. The van der Waals surface area contributed by atoms with Crippen molar-refractivity contribution in [1.29, 1.82) is 0 Å². The zero-order valence-corrected chi connectivity index (χ0v) is 26.4. The van der Waals surface area contributed by atoms with Crippen LogP contribution >= 0.6 is 0 Å². The third kappa shape index (κ3) is 7.22. The number of hydrogen-bond donors (Lipinski definition) is 1. The molecule has 3 fully saturated rings. The smallest absolute Gasteiger partial charge is 0.282 e. The number of alkyl halides is 2. The summed E-state index contributed by atoms with van der Waals surface area (Å²) in [5.41, 5.74) is 1.19. The molecule has 1 saturated carbocycles. The van der Waals surface area contributed by atoms with E-state index in [2.05, 4.69) is 14.9 Å². The van der Waals surface area contributed by atoms with Crippen molar-refractivity contribution < 1.29 is 32.6 Å². The van der Waals surface area contributed by atoms with Crippen LogP contribution < -0.4 is 9.64 Å². The quantitative estimate of drug-likeness (QED) is 0.446. The third-order valence-electron chi connectivity index (χ3n) is 9.94. The van der Waals surface area contributed by atoms with Crippen molar-refractivity contribution in [3.63, 3.8) is 0 Å². The van der Waals surface area contributed by atoms with E-state index in [0.29, 0.717) is 50.4 Å². The molecule has 2 amide bonds. The second-order valence-corrected chi connectivity index (χ2v) is 13.7. The molecule has 46 heavy (non-hydrogen) atoms. The molecule has 1 aromatic carbocycles. The molecular formula is C34H42F3N5O4. The lowest BCUT2D eigenvalue weighted by Crippen LogP contribution is -2.60. The Bertz CT molecular complexity index is 1470. The molecule has 9 nitrogen and oxygen atoms in total. The van der Waals surface area contributed by atoms with E-state index in [0.717, 1.165) is 49.8 Å². The number of aliphatic imine (C=N–C) groups is 1. The maximum Gasteiger partial charge on any atom is 0.282 e. The number of aliphatic hydroxyl groups is 1. The van der Waals surface area contributed by atoms with Gasteiger partial charge in [-0.25, -0.2) is 18.2 Å². The molecule has 4 heterocycles. The molecule has 0 atom stereocenters. The molecule has 3 aliphatic heterocycles. The van der Waals surface area contributed by atoms with E-state index in [1.807, 2.05) is 24.8 Å². The van der Waals surface area contributed by atoms with Gasteiger partial charge in [-0.1, -0.05) is 6.07 Å². The first-order valence-corrected chi connectivity index (χ1v) is 16.3.